The molecule has 5 heteroatoms. The van der Waals surface area contributed by atoms with Gasteiger partial charge in [-0.25, -0.2) is 0 Å². The minimum absolute atomic E-state index is 0.287. The van der Waals surface area contributed by atoms with E-state index in [-0.39, 0.29) is 5.02 Å². The molecule has 0 fully saturated rings. The third kappa shape index (κ3) is 1.96. The summed E-state index contributed by atoms with van der Waals surface area (Å²) in [5.41, 5.74) is 6.53. The molecule has 0 aliphatic rings. The molecule has 1 unspecified atom stereocenters. The topological polar surface area (TPSA) is 76.2 Å². The van der Waals surface area contributed by atoms with Gasteiger partial charge in [0, 0.05) is 18.0 Å². The Kier molecular flexibility index (Phi) is 2.85. The second-order valence-corrected chi connectivity index (χ2v) is 3.08. The van der Waals surface area contributed by atoms with E-state index in [0.717, 1.165) is 0 Å². The Balaban J connectivity index is 3.20. The Labute approximate surface area is 80.3 Å². The number of aromatic nitrogens is 1. The molecule has 0 amide bonds. The fraction of sp³-hybridized carbons (Fsp3) is 0.250. The van der Waals surface area contributed by atoms with Gasteiger partial charge in [-0.05, 0) is 12.5 Å². The Bertz CT molecular complexity index is 321. The highest BCUT2D eigenvalue weighted by Crippen LogP contribution is 2.23. The van der Waals surface area contributed by atoms with Gasteiger partial charge in [0.05, 0.1) is 5.02 Å². The van der Waals surface area contributed by atoms with E-state index in [1.807, 2.05) is 0 Å². The van der Waals surface area contributed by atoms with Gasteiger partial charge in [0.25, 0.3) is 0 Å². The number of carbonyl (C=O) groups is 1. The Hall–Kier alpha value is -1.13. The molecule has 0 aromatic carbocycles. The molecular weight excluding hydrogens is 192 g/mol. The molecule has 0 saturated carbocycles. The summed E-state index contributed by atoms with van der Waals surface area (Å²) in [6.45, 7) is 1.72. The van der Waals surface area contributed by atoms with Gasteiger partial charge in [-0.1, -0.05) is 11.6 Å². The van der Waals surface area contributed by atoms with Gasteiger partial charge in [0.15, 0.2) is 0 Å². The van der Waals surface area contributed by atoms with Crippen LogP contribution in [0.4, 0.5) is 0 Å². The third-order valence-corrected chi connectivity index (χ3v) is 2.02. The van der Waals surface area contributed by atoms with Crippen LogP contribution in [0.2, 0.25) is 5.02 Å². The number of hydrogen-bond acceptors (Lipinski definition) is 3. The van der Waals surface area contributed by atoms with Crippen molar-refractivity contribution in [3.63, 3.8) is 0 Å². The summed E-state index contributed by atoms with van der Waals surface area (Å²) in [7, 11) is 0. The number of hydrogen-bond donors (Lipinski definition) is 2. The van der Waals surface area contributed by atoms with Crippen molar-refractivity contribution in [2.45, 2.75) is 13.0 Å². The number of carboxylic acids is 1. The molecule has 0 saturated heterocycles. The van der Waals surface area contributed by atoms with Crippen LogP contribution in [-0.2, 0) is 4.79 Å². The minimum atomic E-state index is -1.10. The molecule has 0 radical (unpaired) electrons. The van der Waals surface area contributed by atoms with Gasteiger partial charge in [-0.15, -0.1) is 0 Å². The standard InChI is InChI=1S/C8H9ClN2O2/c1-4-2-11-3-5(9)6(4)7(10)8(12)13/h2-3,7H,10H2,1H3,(H,12,13). The first-order valence-electron chi connectivity index (χ1n) is 3.62. The monoisotopic (exact) mass is 200 g/mol. The van der Waals surface area contributed by atoms with Gasteiger partial charge in [0.2, 0.25) is 0 Å². The quantitative estimate of drug-likeness (QED) is 0.750. The van der Waals surface area contributed by atoms with Crippen LogP contribution in [0.3, 0.4) is 0 Å². The summed E-state index contributed by atoms with van der Waals surface area (Å²) in [6, 6.07) is -1.09. The van der Waals surface area contributed by atoms with Gasteiger partial charge in [-0.3, -0.25) is 9.78 Å². The summed E-state index contributed by atoms with van der Waals surface area (Å²) in [5.74, 6) is -1.10. The van der Waals surface area contributed by atoms with Crippen molar-refractivity contribution in [3.8, 4) is 0 Å². The van der Waals surface area contributed by atoms with E-state index in [1.54, 1.807) is 6.92 Å². The molecular formula is C8H9ClN2O2. The predicted octanol–water partition coefficient (Wildman–Crippen LogP) is 1.13. The molecule has 1 atom stereocenters. The number of rotatable bonds is 2. The average Bonchev–Trinajstić information content (AvgIpc) is 2.03. The molecule has 70 valence electrons. The van der Waals surface area contributed by atoms with Gasteiger partial charge in [-0.2, -0.15) is 0 Å². The molecule has 0 aliphatic heterocycles. The lowest BCUT2D eigenvalue weighted by molar-refractivity contribution is -0.138. The summed E-state index contributed by atoms with van der Waals surface area (Å²) in [6.07, 6.45) is 2.91. The fourth-order valence-electron chi connectivity index (χ4n) is 1.06. The minimum Gasteiger partial charge on any atom is -0.480 e. The second-order valence-electron chi connectivity index (χ2n) is 2.67. The Morgan fingerprint density at radius 3 is 2.77 bits per heavy atom. The first kappa shape index (κ1) is 9.95. The van der Waals surface area contributed by atoms with E-state index >= 15 is 0 Å². The summed E-state index contributed by atoms with van der Waals surface area (Å²) in [4.78, 5) is 14.4. The number of nitrogens with zero attached hydrogens (tertiary/aromatic N) is 1. The molecule has 0 bridgehead atoms. The summed E-state index contributed by atoms with van der Waals surface area (Å²) in [5, 5.41) is 8.97. The lowest BCUT2D eigenvalue weighted by atomic mass is 10.0. The second kappa shape index (κ2) is 3.72. The van der Waals surface area contributed by atoms with Gasteiger partial charge < -0.3 is 10.8 Å². The van der Waals surface area contributed by atoms with Crippen molar-refractivity contribution < 1.29 is 9.90 Å². The SMILES string of the molecule is Cc1cncc(Cl)c1C(N)C(=O)O. The molecule has 0 aliphatic carbocycles. The maximum Gasteiger partial charge on any atom is 0.325 e. The van der Waals surface area contributed by atoms with Crippen LogP contribution >= 0.6 is 11.6 Å². The van der Waals surface area contributed by atoms with E-state index in [2.05, 4.69) is 4.98 Å². The summed E-state index contributed by atoms with van der Waals surface area (Å²) < 4.78 is 0. The van der Waals surface area contributed by atoms with Crippen LogP contribution in [0.15, 0.2) is 12.4 Å². The predicted molar refractivity (Wildman–Crippen MR) is 48.5 cm³/mol. The van der Waals surface area contributed by atoms with Crippen LogP contribution in [0.1, 0.15) is 17.2 Å². The summed E-state index contributed by atoms with van der Waals surface area (Å²) >= 11 is 5.76. The maximum atomic E-state index is 10.6. The van der Waals surface area contributed by atoms with Crippen molar-refractivity contribution in [2.24, 2.45) is 5.73 Å². The number of nitrogens with two attached hydrogens (primary N) is 1. The van der Waals surface area contributed by atoms with E-state index in [1.165, 1.54) is 12.4 Å². The molecule has 1 rings (SSSR count). The van der Waals surface area contributed by atoms with Crippen molar-refractivity contribution in [1.82, 2.24) is 4.98 Å². The highest BCUT2D eigenvalue weighted by atomic mass is 35.5. The normalized spacial score (nSPS) is 12.5. The molecule has 1 aromatic heterocycles. The number of pyridine rings is 1. The Morgan fingerprint density at radius 1 is 1.69 bits per heavy atom. The van der Waals surface area contributed by atoms with Crippen LogP contribution in [-0.4, -0.2) is 16.1 Å². The first-order chi connectivity index (χ1) is 6.04. The zero-order valence-electron chi connectivity index (χ0n) is 6.99. The number of aliphatic carboxylic acids is 1. The lowest BCUT2D eigenvalue weighted by Gasteiger charge is -2.11. The van der Waals surface area contributed by atoms with E-state index < -0.39 is 12.0 Å². The highest BCUT2D eigenvalue weighted by molar-refractivity contribution is 6.31. The van der Waals surface area contributed by atoms with Crippen molar-refractivity contribution in [2.75, 3.05) is 0 Å². The number of aryl methyl sites for hydroxylation is 1. The van der Waals surface area contributed by atoms with Crippen molar-refractivity contribution >= 4 is 17.6 Å². The average molecular weight is 201 g/mol. The van der Waals surface area contributed by atoms with Crippen LogP contribution in [0, 0.1) is 6.92 Å². The molecule has 1 heterocycles. The zero-order chi connectivity index (χ0) is 10.0. The molecule has 0 spiro atoms. The lowest BCUT2D eigenvalue weighted by Crippen LogP contribution is -2.22. The number of carboxylic acid groups (broad SMARTS) is 1. The largest absolute Gasteiger partial charge is 0.480 e. The van der Waals surface area contributed by atoms with Crippen molar-refractivity contribution in [3.05, 3.63) is 28.5 Å². The van der Waals surface area contributed by atoms with Gasteiger partial charge in [0.1, 0.15) is 6.04 Å². The molecule has 1 aromatic rings. The van der Waals surface area contributed by atoms with Gasteiger partial charge >= 0.3 is 5.97 Å². The molecule has 4 nitrogen and oxygen atoms in total. The van der Waals surface area contributed by atoms with E-state index in [9.17, 15) is 4.79 Å². The molecule has 3 N–H and O–H groups in total. The maximum absolute atomic E-state index is 10.6. The molecule has 13 heavy (non-hydrogen) atoms. The van der Waals surface area contributed by atoms with E-state index in [0.29, 0.717) is 11.1 Å². The van der Waals surface area contributed by atoms with Crippen LogP contribution in [0.25, 0.3) is 0 Å². The Morgan fingerprint density at radius 2 is 2.31 bits per heavy atom. The first-order valence-corrected chi connectivity index (χ1v) is 4.00. The highest BCUT2D eigenvalue weighted by Gasteiger charge is 2.19. The smallest absolute Gasteiger partial charge is 0.325 e. The third-order valence-electron chi connectivity index (χ3n) is 1.72. The fourth-order valence-corrected chi connectivity index (χ4v) is 1.38. The van der Waals surface area contributed by atoms with Crippen molar-refractivity contribution in [1.29, 1.82) is 0 Å². The van der Waals surface area contributed by atoms with E-state index in [4.69, 9.17) is 22.4 Å². The zero-order valence-corrected chi connectivity index (χ0v) is 7.75. The number of halogens is 1. The van der Waals surface area contributed by atoms with Crippen LogP contribution < -0.4 is 5.73 Å². The van der Waals surface area contributed by atoms with Crippen LogP contribution in [0.5, 0.6) is 0 Å².